The van der Waals surface area contributed by atoms with Crippen LogP contribution in [0, 0.1) is 20.8 Å². The van der Waals surface area contributed by atoms with Crippen LogP contribution >= 0.6 is 28.1 Å². The number of rotatable bonds is 3. The minimum Gasteiger partial charge on any atom is -0.352 e. The number of thiocarbonyl (C=S) groups is 1. The maximum absolute atomic E-state index is 5.80. The van der Waals surface area contributed by atoms with Gasteiger partial charge in [0.2, 0.25) is 0 Å². The molecule has 1 aromatic carbocycles. The number of aryl methyl sites for hydroxylation is 2. The number of pyridine rings is 1. The summed E-state index contributed by atoms with van der Waals surface area (Å²) >= 11 is 9.41. The smallest absolute Gasteiger partial charge is 0.174 e. The third-order valence-corrected chi connectivity index (χ3v) is 6.86. The first-order chi connectivity index (χ1) is 13.4. The van der Waals surface area contributed by atoms with Crippen LogP contribution in [0.3, 0.4) is 0 Å². The number of nitrogens with zero attached hydrogens (tertiary/aromatic N) is 3. The number of hydrogen-bond acceptors (Lipinski definition) is 2. The number of hydrogen-bond donors (Lipinski definition) is 1. The van der Waals surface area contributed by atoms with Crippen LogP contribution in [0.4, 0.5) is 5.69 Å². The van der Waals surface area contributed by atoms with Gasteiger partial charge in [0.15, 0.2) is 5.11 Å². The molecule has 1 N–H and O–H groups in total. The molecule has 6 heteroatoms. The summed E-state index contributed by atoms with van der Waals surface area (Å²) in [6, 6.07) is 14.7. The lowest BCUT2D eigenvalue weighted by Crippen LogP contribution is -2.29. The zero-order chi connectivity index (χ0) is 20.0. The first kappa shape index (κ1) is 19.2. The van der Waals surface area contributed by atoms with Crippen LogP contribution in [-0.4, -0.2) is 14.7 Å². The number of aromatic nitrogens is 2. The van der Waals surface area contributed by atoms with E-state index >= 15 is 0 Å². The van der Waals surface area contributed by atoms with Gasteiger partial charge in [0.05, 0.1) is 17.8 Å². The van der Waals surface area contributed by atoms with Crippen molar-refractivity contribution < 1.29 is 0 Å². The Morgan fingerprint density at radius 1 is 1.11 bits per heavy atom. The Labute approximate surface area is 179 Å². The summed E-state index contributed by atoms with van der Waals surface area (Å²) in [4.78, 5) is 6.86. The zero-order valence-corrected chi connectivity index (χ0v) is 18.8. The molecule has 0 aliphatic carbocycles. The van der Waals surface area contributed by atoms with E-state index in [1.54, 1.807) is 0 Å². The van der Waals surface area contributed by atoms with Gasteiger partial charge in [-0.3, -0.25) is 4.98 Å². The van der Waals surface area contributed by atoms with Crippen molar-refractivity contribution in [2.75, 3.05) is 4.90 Å². The Balaban J connectivity index is 1.89. The molecule has 0 spiro atoms. The fraction of sp³-hybridized carbons (Fsp3) is 0.273. The van der Waals surface area contributed by atoms with Gasteiger partial charge in [-0.15, -0.1) is 0 Å². The van der Waals surface area contributed by atoms with E-state index in [-0.39, 0.29) is 12.1 Å². The van der Waals surface area contributed by atoms with E-state index in [1.165, 1.54) is 22.5 Å². The second-order valence-electron chi connectivity index (χ2n) is 7.32. The van der Waals surface area contributed by atoms with Gasteiger partial charge < -0.3 is 14.8 Å². The van der Waals surface area contributed by atoms with Gasteiger partial charge in [-0.25, -0.2) is 0 Å². The Morgan fingerprint density at radius 2 is 1.89 bits per heavy atom. The molecule has 0 amide bonds. The molecule has 4 rings (SSSR count). The van der Waals surface area contributed by atoms with Gasteiger partial charge in [0.25, 0.3) is 0 Å². The SMILES string of the molecule is Cc1cc(N2C(=S)N[C@H](c3ccccn3)[C@H]2c2cc(C)n(C)c2C)ccc1Br. The summed E-state index contributed by atoms with van der Waals surface area (Å²) in [6.45, 7) is 6.41. The Bertz CT molecular complexity index is 1040. The van der Waals surface area contributed by atoms with Crippen molar-refractivity contribution in [2.45, 2.75) is 32.9 Å². The normalized spacial score (nSPS) is 19.2. The molecule has 0 unspecified atom stereocenters. The zero-order valence-electron chi connectivity index (χ0n) is 16.4. The largest absolute Gasteiger partial charge is 0.352 e. The summed E-state index contributed by atoms with van der Waals surface area (Å²) in [5.41, 5.74) is 7.00. The Morgan fingerprint density at radius 3 is 2.50 bits per heavy atom. The van der Waals surface area contributed by atoms with Crippen LogP contribution in [0.15, 0.2) is 53.1 Å². The van der Waals surface area contributed by atoms with Crippen molar-refractivity contribution in [1.29, 1.82) is 0 Å². The lowest BCUT2D eigenvalue weighted by atomic mass is 9.96. The van der Waals surface area contributed by atoms with Crippen molar-refractivity contribution in [3.05, 3.63) is 81.3 Å². The second kappa shape index (κ2) is 7.33. The molecule has 1 saturated heterocycles. The molecular formula is C22H23BrN4S. The minimum absolute atomic E-state index is 0.0156. The van der Waals surface area contributed by atoms with Gasteiger partial charge >= 0.3 is 0 Å². The summed E-state index contributed by atoms with van der Waals surface area (Å²) < 4.78 is 3.33. The maximum Gasteiger partial charge on any atom is 0.174 e. The molecule has 1 fully saturated rings. The molecule has 1 aliphatic heterocycles. The molecule has 3 heterocycles. The van der Waals surface area contributed by atoms with Crippen LogP contribution in [0.1, 0.15) is 40.3 Å². The minimum atomic E-state index is -0.0156. The van der Waals surface area contributed by atoms with E-state index in [0.29, 0.717) is 0 Å². The summed E-state index contributed by atoms with van der Waals surface area (Å²) in [6.07, 6.45) is 1.84. The maximum atomic E-state index is 5.80. The van der Waals surface area contributed by atoms with Crippen LogP contribution in [0.5, 0.6) is 0 Å². The highest BCUT2D eigenvalue weighted by atomic mass is 79.9. The summed E-state index contributed by atoms with van der Waals surface area (Å²) in [5.74, 6) is 0. The van der Waals surface area contributed by atoms with Crippen molar-refractivity contribution in [3.8, 4) is 0 Å². The molecule has 4 nitrogen and oxygen atoms in total. The van der Waals surface area contributed by atoms with E-state index < -0.39 is 0 Å². The van der Waals surface area contributed by atoms with Gasteiger partial charge in [-0.2, -0.15) is 0 Å². The fourth-order valence-electron chi connectivity index (χ4n) is 3.91. The molecular weight excluding hydrogens is 432 g/mol. The van der Waals surface area contributed by atoms with Gasteiger partial charge in [0.1, 0.15) is 0 Å². The highest BCUT2D eigenvalue weighted by molar-refractivity contribution is 9.10. The third kappa shape index (κ3) is 3.14. The number of nitrogens with one attached hydrogen (secondary N) is 1. The average molecular weight is 455 g/mol. The van der Waals surface area contributed by atoms with E-state index in [4.69, 9.17) is 12.2 Å². The van der Waals surface area contributed by atoms with Crippen molar-refractivity contribution >= 4 is 38.9 Å². The third-order valence-electron chi connectivity index (χ3n) is 5.65. The Kier molecular flexibility index (Phi) is 5.02. The summed E-state index contributed by atoms with van der Waals surface area (Å²) in [7, 11) is 2.11. The molecule has 2 aromatic heterocycles. The molecule has 0 saturated carbocycles. The van der Waals surface area contributed by atoms with E-state index in [1.807, 2.05) is 18.3 Å². The average Bonchev–Trinajstić information content (AvgIpc) is 3.16. The first-order valence-electron chi connectivity index (χ1n) is 9.28. The molecule has 144 valence electrons. The van der Waals surface area contributed by atoms with Crippen molar-refractivity contribution in [1.82, 2.24) is 14.9 Å². The molecule has 1 aliphatic rings. The van der Waals surface area contributed by atoms with Gasteiger partial charge in [-0.05, 0) is 80.5 Å². The monoisotopic (exact) mass is 454 g/mol. The lowest BCUT2D eigenvalue weighted by molar-refractivity contribution is 0.564. The van der Waals surface area contributed by atoms with Gasteiger partial charge in [0, 0.05) is 34.8 Å². The topological polar surface area (TPSA) is 33.1 Å². The van der Waals surface area contributed by atoms with E-state index in [0.717, 1.165) is 21.0 Å². The first-order valence-corrected chi connectivity index (χ1v) is 10.5. The van der Waals surface area contributed by atoms with E-state index in [9.17, 15) is 0 Å². The highest BCUT2D eigenvalue weighted by Gasteiger charge is 2.42. The lowest BCUT2D eigenvalue weighted by Gasteiger charge is -2.28. The number of benzene rings is 1. The quantitative estimate of drug-likeness (QED) is 0.545. The molecule has 3 aromatic rings. The molecule has 2 atom stereocenters. The molecule has 0 bridgehead atoms. The van der Waals surface area contributed by atoms with Crippen LogP contribution < -0.4 is 10.2 Å². The predicted octanol–water partition coefficient (Wildman–Crippen LogP) is 5.28. The Hall–Kier alpha value is -2.18. The van der Waals surface area contributed by atoms with E-state index in [2.05, 4.69) is 93.8 Å². The van der Waals surface area contributed by atoms with Crippen molar-refractivity contribution in [3.63, 3.8) is 0 Å². The molecule has 28 heavy (non-hydrogen) atoms. The van der Waals surface area contributed by atoms with Crippen LogP contribution in [-0.2, 0) is 7.05 Å². The number of anilines is 1. The predicted molar refractivity (Wildman–Crippen MR) is 122 cm³/mol. The van der Waals surface area contributed by atoms with Crippen LogP contribution in [0.2, 0.25) is 0 Å². The second-order valence-corrected chi connectivity index (χ2v) is 8.56. The summed E-state index contributed by atoms with van der Waals surface area (Å²) in [5, 5.41) is 4.26. The van der Waals surface area contributed by atoms with Gasteiger partial charge in [-0.1, -0.05) is 22.0 Å². The fourth-order valence-corrected chi connectivity index (χ4v) is 4.50. The standard InChI is InChI=1S/C22H23BrN4S/c1-13-11-16(8-9-18(13)23)27-21(17-12-14(2)26(4)15(17)3)20(25-22(27)28)19-7-5-6-10-24-19/h5-12,20-21H,1-4H3,(H,25,28)/t20-,21-/m1/s1. The highest BCUT2D eigenvalue weighted by Crippen LogP contribution is 2.43. The van der Waals surface area contributed by atoms with Crippen LogP contribution in [0.25, 0.3) is 0 Å². The van der Waals surface area contributed by atoms with Crippen molar-refractivity contribution in [2.24, 2.45) is 7.05 Å². The number of halogens is 1. The molecule has 0 radical (unpaired) electrons.